The molecule has 0 amide bonds. The molecular weight excluding hydrogens is 240 g/mol. The van der Waals surface area contributed by atoms with Crippen LogP contribution in [0.1, 0.15) is 43.0 Å². The van der Waals surface area contributed by atoms with Gasteiger partial charge in [-0.15, -0.1) is 0 Å². The van der Waals surface area contributed by atoms with Crippen LogP contribution in [-0.2, 0) is 9.53 Å². The van der Waals surface area contributed by atoms with Crippen molar-refractivity contribution >= 4 is 11.8 Å². The van der Waals surface area contributed by atoms with Crippen molar-refractivity contribution in [2.75, 3.05) is 6.61 Å². The zero-order valence-electron chi connectivity index (χ0n) is 11.3. The Hall–Kier alpha value is -1.64. The van der Waals surface area contributed by atoms with Gasteiger partial charge in [0.25, 0.3) is 0 Å². The predicted molar refractivity (Wildman–Crippen MR) is 72.9 cm³/mol. The van der Waals surface area contributed by atoms with Crippen molar-refractivity contribution in [3.05, 3.63) is 35.9 Å². The number of hydrogen-bond donors (Lipinski definition) is 0. The van der Waals surface area contributed by atoms with E-state index in [4.69, 9.17) is 4.74 Å². The monoisotopic (exact) mass is 260 g/mol. The zero-order chi connectivity index (χ0) is 13.7. The molecule has 102 valence electrons. The van der Waals surface area contributed by atoms with E-state index in [1.54, 1.807) is 6.92 Å². The Balaban J connectivity index is 2.15. The lowest BCUT2D eigenvalue weighted by molar-refractivity contribution is -0.150. The van der Waals surface area contributed by atoms with Crippen molar-refractivity contribution in [3.8, 4) is 0 Å². The number of esters is 1. The van der Waals surface area contributed by atoms with Gasteiger partial charge in [0.1, 0.15) is 0 Å². The number of hydrogen-bond acceptors (Lipinski definition) is 3. The van der Waals surface area contributed by atoms with E-state index < -0.39 is 0 Å². The molecular formula is C16H20O3. The van der Waals surface area contributed by atoms with E-state index >= 15 is 0 Å². The molecule has 0 N–H and O–H groups in total. The first-order valence-electron chi connectivity index (χ1n) is 7.00. The van der Waals surface area contributed by atoms with Crippen LogP contribution in [-0.4, -0.2) is 18.4 Å². The van der Waals surface area contributed by atoms with Crippen LogP contribution < -0.4 is 0 Å². The molecule has 0 saturated heterocycles. The van der Waals surface area contributed by atoms with Crippen LogP contribution in [0.5, 0.6) is 0 Å². The number of ketones is 1. The van der Waals surface area contributed by atoms with E-state index in [2.05, 4.69) is 0 Å². The summed E-state index contributed by atoms with van der Waals surface area (Å²) in [7, 11) is 0. The Kier molecular flexibility index (Phi) is 4.72. The maximum atomic E-state index is 12.5. The maximum absolute atomic E-state index is 12.5. The van der Waals surface area contributed by atoms with Crippen molar-refractivity contribution < 1.29 is 14.3 Å². The first-order chi connectivity index (χ1) is 9.24. The second-order valence-electron chi connectivity index (χ2n) is 4.98. The van der Waals surface area contributed by atoms with E-state index in [1.165, 1.54) is 0 Å². The average molecular weight is 260 g/mol. The summed E-state index contributed by atoms with van der Waals surface area (Å²) in [5.74, 6) is -0.605. The number of benzene rings is 1. The highest BCUT2D eigenvalue weighted by Crippen LogP contribution is 2.33. The van der Waals surface area contributed by atoms with Crippen LogP contribution in [0.4, 0.5) is 0 Å². The highest BCUT2D eigenvalue weighted by atomic mass is 16.5. The summed E-state index contributed by atoms with van der Waals surface area (Å²) >= 11 is 0. The molecule has 0 bridgehead atoms. The molecule has 3 heteroatoms. The van der Waals surface area contributed by atoms with E-state index in [1.807, 2.05) is 30.3 Å². The van der Waals surface area contributed by atoms with Gasteiger partial charge in [-0.25, -0.2) is 0 Å². The Morgan fingerprint density at radius 2 is 1.74 bits per heavy atom. The van der Waals surface area contributed by atoms with Gasteiger partial charge in [0.05, 0.1) is 12.5 Å². The lowest BCUT2D eigenvalue weighted by Gasteiger charge is -2.28. The molecule has 1 aliphatic carbocycles. The maximum Gasteiger partial charge on any atom is 0.309 e. The van der Waals surface area contributed by atoms with Crippen molar-refractivity contribution in [1.82, 2.24) is 0 Å². The fourth-order valence-corrected chi connectivity index (χ4v) is 2.79. The van der Waals surface area contributed by atoms with Crippen molar-refractivity contribution in [2.24, 2.45) is 11.8 Å². The standard InChI is InChI=1S/C16H20O3/c1-2-19-16(18)14-11-7-6-10-13(14)15(17)12-8-4-3-5-9-12/h3-5,8-9,13-14H,2,6-7,10-11H2,1H3. The van der Waals surface area contributed by atoms with Gasteiger partial charge in [0.15, 0.2) is 5.78 Å². The molecule has 0 heterocycles. The molecule has 1 aromatic carbocycles. The number of carbonyl (C=O) groups excluding carboxylic acids is 2. The number of ether oxygens (including phenoxy) is 1. The van der Waals surface area contributed by atoms with Gasteiger partial charge in [-0.3, -0.25) is 9.59 Å². The third kappa shape index (κ3) is 3.22. The molecule has 2 rings (SSSR count). The van der Waals surface area contributed by atoms with Crippen molar-refractivity contribution in [1.29, 1.82) is 0 Å². The molecule has 3 nitrogen and oxygen atoms in total. The second-order valence-corrected chi connectivity index (χ2v) is 4.98. The summed E-state index contributed by atoms with van der Waals surface area (Å²) in [6.45, 7) is 2.18. The SMILES string of the molecule is CCOC(=O)C1CCCCC1C(=O)c1ccccc1. The van der Waals surface area contributed by atoms with Crippen LogP contribution >= 0.6 is 0 Å². The molecule has 1 saturated carbocycles. The smallest absolute Gasteiger partial charge is 0.309 e. The summed E-state index contributed by atoms with van der Waals surface area (Å²) in [6, 6.07) is 9.24. The minimum Gasteiger partial charge on any atom is -0.466 e. The van der Waals surface area contributed by atoms with Crippen LogP contribution in [0.2, 0.25) is 0 Å². The first-order valence-corrected chi connectivity index (χ1v) is 7.00. The fraction of sp³-hybridized carbons (Fsp3) is 0.500. The van der Waals surface area contributed by atoms with Gasteiger partial charge in [-0.1, -0.05) is 43.2 Å². The largest absolute Gasteiger partial charge is 0.466 e. The van der Waals surface area contributed by atoms with Crippen LogP contribution in [0.15, 0.2) is 30.3 Å². The quantitative estimate of drug-likeness (QED) is 0.616. The second kappa shape index (κ2) is 6.50. The van der Waals surface area contributed by atoms with E-state index in [9.17, 15) is 9.59 Å². The van der Waals surface area contributed by atoms with Crippen LogP contribution in [0.3, 0.4) is 0 Å². The Labute approximate surface area is 114 Å². The number of rotatable bonds is 4. The van der Waals surface area contributed by atoms with Gasteiger partial charge in [-0.05, 0) is 19.8 Å². The molecule has 2 unspecified atom stereocenters. The number of Topliss-reactive ketones (excluding diaryl/α,β-unsaturated/α-hetero) is 1. The lowest BCUT2D eigenvalue weighted by atomic mass is 9.75. The third-order valence-corrected chi connectivity index (χ3v) is 3.75. The molecule has 1 aromatic rings. The zero-order valence-corrected chi connectivity index (χ0v) is 11.3. The van der Waals surface area contributed by atoms with E-state index in [0.29, 0.717) is 12.2 Å². The fourth-order valence-electron chi connectivity index (χ4n) is 2.79. The van der Waals surface area contributed by atoms with E-state index in [0.717, 1.165) is 25.7 Å². The molecule has 2 atom stereocenters. The van der Waals surface area contributed by atoms with Crippen LogP contribution in [0, 0.1) is 11.8 Å². The van der Waals surface area contributed by atoms with Crippen LogP contribution in [0.25, 0.3) is 0 Å². The summed E-state index contributed by atoms with van der Waals surface area (Å²) in [4.78, 5) is 24.5. The molecule has 0 aliphatic heterocycles. The van der Waals surface area contributed by atoms with Gasteiger partial charge in [-0.2, -0.15) is 0 Å². The molecule has 0 radical (unpaired) electrons. The molecule has 1 aliphatic rings. The minimum absolute atomic E-state index is 0.0818. The number of carbonyl (C=O) groups is 2. The van der Waals surface area contributed by atoms with Gasteiger partial charge in [0.2, 0.25) is 0 Å². The Morgan fingerprint density at radius 3 is 2.37 bits per heavy atom. The van der Waals surface area contributed by atoms with Gasteiger partial charge < -0.3 is 4.74 Å². The van der Waals surface area contributed by atoms with Crippen molar-refractivity contribution in [3.63, 3.8) is 0 Å². The Bertz CT molecular complexity index is 439. The average Bonchev–Trinajstić information content (AvgIpc) is 2.47. The highest BCUT2D eigenvalue weighted by molar-refractivity contribution is 6.00. The summed E-state index contributed by atoms with van der Waals surface area (Å²) in [5.41, 5.74) is 0.698. The van der Waals surface area contributed by atoms with E-state index in [-0.39, 0.29) is 23.6 Å². The summed E-state index contributed by atoms with van der Waals surface area (Å²) in [5, 5.41) is 0. The topological polar surface area (TPSA) is 43.4 Å². The van der Waals surface area contributed by atoms with Gasteiger partial charge in [0, 0.05) is 11.5 Å². The highest BCUT2D eigenvalue weighted by Gasteiger charge is 2.36. The van der Waals surface area contributed by atoms with Crippen molar-refractivity contribution in [2.45, 2.75) is 32.6 Å². The van der Waals surface area contributed by atoms with Gasteiger partial charge >= 0.3 is 5.97 Å². The summed E-state index contributed by atoms with van der Waals surface area (Å²) < 4.78 is 5.11. The molecule has 0 aromatic heterocycles. The molecule has 19 heavy (non-hydrogen) atoms. The molecule has 1 fully saturated rings. The minimum atomic E-state index is -0.263. The normalized spacial score (nSPS) is 22.8. The lowest BCUT2D eigenvalue weighted by Crippen LogP contribution is -2.34. The third-order valence-electron chi connectivity index (χ3n) is 3.75. The first kappa shape index (κ1) is 13.8. The molecule has 0 spiro atoms. The Morgan fingerprint density at radius 1 is 1.11 bits per heavy atom. The predicted octanol–water partition coefficient (Wildman–Crippen LogP) is 3.24. The summed E-state index contributed by atoms with van der Waals surface area (Å²) in [6.07, 6.45) is 3.57.